The Kier molecular flexibility index (Phi) is 4.87. The lowest BCUT2D eigenvalue weighted by Gasteiger charge is -2.25. The van der Waals surface area contributed by atoms with Gasteiger partial charge in [-0.1, -0.05) is 66.7 Å². The Hall–Kier alpha value is -5.58. The summed E-state index contributed by atoms with van der Waals surface area (Å²) in [5, 5.41) is 9.26. The molecular formula is C40H23NO2S. The van der Waals surface area contributed by atoms with Crippen LogP contribution >= 0.6 is 11.3 Å². The molecule has 44 heavy (non-hydrogen) atoms. The van der Waals surface area contributed by atoms with Crippen molar-refractivity contribution in [2.45, 2.75) is 0 Å². The minimum atomic E-state index is 0.878. The number of anilines is 3. The number of furan rings is 2. The van der Waals surface area contributed by atoms with Gasteiger partial charge < -0.3 is 13.7 Å². The second-order valence-corrected chi connectivity index (χ2v) is 12.4. The lowest BCUT2D eigenvalue weighted by molar-refractivity contribution is 0.669. The van der Waals surface area contributed by atoms with Crippen molar-refractivity contribution in [2.75, 3.05) is 4.90 Å². The lowest BCUT2D eigenvalue weighted by Crippen LogP contribution is -2.09. The average Bonchev–Trinajstić information content (AvgIpc) is 3.76. The molecule has 0 atom stereocenters. The Bertz CT molecular complexity index is 2730. The fourth-order valence-electron chi connectivity index (χ4n) is 6.83. The summed E-state index contributed by atoms with van der Waals surface area (Å²) in [6.07, 6.45) is 0. The molecule has 0 fully saturated rings. The molecule has 10 aromatic rings. The highest BCUT2D eigenvalue weighted by molar-refractivity contribution is 7.26. The Labute approximate surface area is 255 Å². The van der Waals surface area contributed by atoms with Crippen molar-refractivity contribution >= 4 is 103 Å². The zero-order valence-electron chi connectivity index (χ0n) is 23.5. The summed E-state index contributed by atoms with van der Waals surface area (Å²) in [6.45, 7) is 0. The van der Waals surface area contributed by atoms with E-state index in [-0.39, 0.29) is 0 Å². The van der Waals surface area contributed by atoms with Crippen LogP contribution in [0.2, 0.25) is 0 Å². The number of hydrogen-bond donors (Lipinski definition) is 0. The number of fused-ring (bicyclic) bond motifs is 12. The van der Waals surface area contributed by atoms with Crippen LogP contribution in [0.25, 0.3) is 74.8 Å². The smallest absolute Gasteiger partial charge is 0.144 e. The van der Waals surface area contributed by atoms with Gasteiger partial charge in [-0.05, 0) is 72.1 Å². The molecule has 7 aromatic carbocycles. The zero-order chi connectivity index (χ0) is 28.8. The molecule has 0 saturated carbocycles. The van der Waals surface area contributed by atoms with Crippen LogP contribution in [-0.4, -0.2) is 0 Å². The van der Waals surface area contributed by atoms with Crippen molar-refractivity contribution in [1.82, 2.24) is 0 Å². The Morgan fingerprint density at radius 3 is 2.02 bits per heavy atom. The molecule has 0 saturated heterocycles. The average molecular weight is 582 g/mol. The Balaban J connectivity index is 1.23. The summed E-state index contributed by atoms with van der Waals surface area (Å²) >= 11 is 1.81. The first-order chi connectivity index (χ1) is 21.8. The second-order valence-electron chi connectivity index (χ2n) is 11.3. The molecule has 0 unspecified atom stereocenters. The molecule has 4 heteroatoms. The predicted octanol–water partition coefficient (Wildman–Crippen LogP) is 12.5. The molecule has 3 aromatic heterocycles. The second kappa shape index (κ2) is 8.96. The summed E-state index contributed by atoms with van der Waals surface area (Å²) in [4.78, 5) is 2.31. The Morgan fingerprint density at radius 2 is 1.09 bits per heavy atom. The quantitative estimate of drug-likeness (QED) is 0.208. The standard InChI is InChI=1S/C40H23NO2S/c1-2-9-25(10-3-1)41(27-15-18-30-29-12-6-7-13-34(29)42-35(30)23-27)26-16-20-36-33(22-26)38-37(44-36)21-19-32-31-17-14-24-8-4-5-11-28(24)39(31)43-40(32)38/h1-23H. The summed E-state index contributed by atoms with van der Waals surface area (Å²) in [6, 6.07) is 49.4. The predicted molar refractivity (Wildman–Crippen MR) is 186 cm³/mol. The molecule has 0 radical (unpaired) electrons. The first kappa shape index (κ1) is 23.9. The minimum absolute atomic E-state index is 0.878. The summed E-state index contributed by atoms with van der Waals surface area (Å²) in [5.41, 5.74) is 6.89. The maximum Gasteiger partial charge on any atom is 0.144 e. The topological polar surface area (TPSA) is 29.5 Å². The van der Waals surface area contributed by atoms with E-state index in [1.165, 1.54) is 25.6 Å². The first-order valence-electron chi connectivity index (χ1n) is 14.8. The maximum absolute atomic E-state index is 6.77. The van der Waals surface area contributed by atoms with Gasteiger partial charge in [-0.3, -0.25) is 0 Å². The van der Waals surface area contributed by atoms with E-state index in [0.717, 1.165) is 66.3 Å². The van der Waals surface area contributed by atoms with Crippen LogP contribution in [0, 0.1) is 0 Å². The van der Waals surface area contributed by atoms with Crippen LogP contribution in [0.1, 0.15) is 0 Å². The van der Waals surface area contributed by atoms with Gasteiger partial charge in [-0.2, -0.15) is 0 Å². The molecule has 0 spiro atoms. The zero-order valence-corrected chi connectivity index (χ0v) is 24.3. The van der Waals surface area contributed by atoms with E-state index in [1.54, 1.807) is 0 Å². The summed E-state index contributed by atoms with van der Waals surface area (Å²) in [7, 11) is 0. The highest BCUT2D eigenvalue weighted by Gasteiger charge is 2.19. The van der Waals surface area contributed by atoms with Crippen LogP contribution in [0.4, 0.5) is 17.1 Å². The number of rotatable bonds is 3. The molecular weight excluding hydrogens is 559 g/mol. The molecule has 0 amide bonds. The number of nitrogens with zero attached hydrogens (tertiary/aromatic N) is 1. The monoisotopic (exact) mass is 581 g/mol. The number of hydrogen-bond acceptors (Lipinski definition) is 4. The van der Waals surface area contributed by atoms with Gasteiger partial charge in [0.05, 0.1) is 0 Å². The molecule has 206 valence electrons. The van der Waals surface area contributed by atoms with Crippen LogP contribution < -0.4 is 4.90 Å². The number of thiophene rings is 1. The van der Waals surface area contributed by atoms with Gasteiger partial charge in [-0.25, -0.2) is 0 Å². The van der Waals surface area contributed by atoms with E-state index in [1.807, 2.05) is 23.5 Å². The minimum Gasteiger partial charge on any atom is -0.456 e. The third-order valence-electron chi connectivity index (χ3n) is 8.84. The van der Waals surface area contributed by atoms with Gasteiger partial charge in [-0.15, -0.1) is 11.3 Å². The lowest BCUT2D eigenvalue weighted by atomic mass is 10.0. The van der Waals surface area contributed by atoms with Gasteiger partial charge in [0, 0.05) is 70.2 Å². The number of benzene rings is 7. The first-order valence-corrected chi connectivity index (χ1v) is 15.6. The molecule has 0 bridgehead atoms. The fraction of sp³-hybridized carbons (Fsp3) is 0. The molecule has 10 rings (SSSR count). The Morgan fingerprint density at radius 1 is 0.409 bits per heavy atom. The van der Waals surface area contributed by atoms with E-state index in [2.05, 4.69) is 132 Å². The summed E-state index contributed by atoms with van der Waals surface area (Å²) in [5.74, 6) is 0. The fourth-order valence-corrected chi connectivity index (χ4v) is 7.91. The molecule has 3 nitrogen and oxygen atoms in total. The van der Waals surface area contributed by atoms with Crippen LogP contribution in [-0.2, 0) is 0 Å². The van der Waals surface area contributed by atoms with E-state index >= 15 is 0 Å². The van der Waals surface area contributed by atoms with Crippen LogP contribution in [0.3, 0.4) is 0 Å². The molecule has 0 aliphatic heterocycles. The molecule has 0 aliphatic carbocycles. The maximum atomic E-state index is 6.77. The largest absolute Gasteiger partial charge is 0.456 e. The van der Waals surface area contributed by atoms with E-state index in [0.29, 0.717) is 0 Å². The highest BCUT2D eigenvalue weighted by atomic mass is 32.1. The van der Waals surface area contributed by atoms with Crippen molar-refractivity contribution in [3.05, 3.63) is 140 Å². The molecule has 0 N–H and O–H groups in total. The molecule has 3 heterocycles. The van der Waals surface area contributed by atoms with Crippen molar-refractivity contribution in [1.29, 1.82) is 0 Å². The van der Waals surface area contributed by atoms with Gasteiger partial charge in [0.25, 0.3) is 0 Å². The van der Waals surface area contributed by atoms with Gasteiger partial charge in [0.1, 0.15) is 22.3 Å². The highest BCUT2D eigenvalue weighted by Crippen LogP contribution is 2.46. The van der Waals surface area contributed by atoms with Crippen molar-refractivity contribution < 1.29 is 8.83 Å². The van der Waals surface area contributed by atoms with Crippen LogP contribution in [0.5, 0.6) is 0 Å². The third-order valence-corrected chi connectivity index (χ3v) is 9.97. The molecule has 0 aliphatic rings. The summed E-state index contributed by atoms with van der Waals surface area (Å²) < 4.78 is 15.5. The van der Waals surface area contributed by atoms with Crippen LogP contribution in [0.15, 0.2) is 148 Å². The van der Waals surface area contributed by atoms with Gasteiger partial charge in [0.15, 0.2) is 0 Å². The van der Waals surface area contributed by atoms with Crippen molar-refractivity contribution in [3.8, 4) is 0 Å². The van der Waals surface area contributed by atoms with Crippen molar-refractivity contribution in [3.63, 3.8) is 0 Å². The van der Waals surface area contributed by atoms with Crippen molar-refractivity contribution in [2.24, 2.45) is 0 Å². The van der Waals surface area contributed by atoms with Gasteiger partial charge in [0.2, 0.25) is 0 Å². The van der Waals surface area contributed by atoms with E-state index < -0.39 is 0 Å². The number of para-hydroxylation sites is 2. The van der Waals surface area contributed by atoms with E-state index in [9.17, 15) is 0 Å². The van der Waals surface area contributed by atoms with E-state index in [4.69, 9.17) is 8.83 Å². The third kappa shape index (κ3) is 3.37. The van der Waals surface area contributed by atoms with Gasteiger partial charge >= 0.3 is 0 Å². The normalized spacial score (nSPS) is 12.1. The SMILES string of the molecule is c1ccc(N(c2ccc3c(c2)oc2ccccc23)c2ccc3sc4ccc5c6ccc7ccccc7c6oc5c4c3c2)cc1.